The lowest BCUT2D eigenvalue weighted by Gasteiger charge is -2.50. The van der Waals surface area contributed by atoms with Crippen molar-refractivity contribution in [1.82, 2.24) is 0 Å². The van der Waals surface area contributed by atoms with Crippen molar-refractivity contribution < 1.29 is 4.74 Å². The van der Waals surface area contributed by atoms with Gasteiger partial charge in [-0.25, -0.2) is 0 Å². The first kappa shape index (κ1) is 17.3. The molecule has 142 valence electrons. The molecule has 2 fully saturated rings. The minimum atomic E-state index is -0.589. The summed E-state index contributed by atoms with van der Waals surface area (Å²) in [7, 11) is 0. The lowest BCUT2D eigenvalue weighted by atomic mass is 9.54. The molecule has 0 saturated heterocycles. The zero-order valence-electron chi connectivity index (χ0n) is 16.6. The number of nitrogens with zero attached hydrogens (tertiary/aromatic N) is 2. The topological polar surface area (TPSA) is 34.0 Å². The Bertz CT molecular complexity index is 816. The van der Waals surface area contributed by atoms with E-state index in [0.29, 0.717) is 18.4 Å². The predicted molar refractivity (Wildman–Crippen MR) is 107 cm³/mol. The van der Waals surface area contributed by atoms with E-state index in [2.05, 4.69) is 48.2 Å². The average molecular weight is 363 g/mol. The molecule has 1 aromatic rings. The molecule has 0 bridgehead atoms. The van der Waals surface area contributed by atoms with Crippen molar-refractivity contribution >= 4 is 0 Å². The lowest BCUT2D eigenvalue weighted by molar-refractivity contribution is 0.0336. The molecule has 0 spiro atoms. The van der Waals surface area contributed by atoms with Crippen LogP contribution in [0, 0.1) is 35.5 Å². The van der Waals surface area contributed by atoms with Crippen LogP contribution in [0.15, 0.2) is 28.4 Å². The Morgan fingerprint density at radius 1 is 1.22 bits per heavy atom. The minimum absolute atomic E-state index is 0.570. The number of rotatable bonds is 4. The Hall–Kier alpha value is -1.82. The fourth-order valence-corrected chi connectivity index (χ4v) is 6.51. The third-order valence-electron chi connectivity index (χ3n) is 8.46. The van der Waals surface area contributed by atoms with Gasteiger partial charge in [-0.3, -0.25) is 0 Å². The minimum Gasteiger partial charge on any atom is -0.493 e. The Morgan fingerprint density at radius 3 is 2.85 bits per heavy atom. The Balaban J connectivity index is 1.30. The van der Waals surface area contributed by atoms with Gasteiger partial charge in [-0.15, -0.1) is 16.7 Å². The normalized spacial score (nSPS) is 37.7. The lowest BCUT2D eigenvalue weighted by Crippen LogP contribution is -2.41. The highest BCUT2D eigenvalue weighted by Crippen LogP contribution is 2.62. The predicted octanol–water partition coefficient (Wildman–Crippen LogP) is 5.74. The summed E-state index contributed by atoms with van der Waals surface area (Å²) in [4.78, 5) is 0. The quantitative estimate of drug-likeness (QED) is 0.629. The maximum Gasteiger partial charge on any atom is 0.253 e. The molecule has 4 aliphatic rings. The summed E-state index contributed by atoms with van der Waals surface area (Å²) in [6.45, 7) is 5.65. The molecule has 0 unspecified atom stereocenters. The zero-order chi connectivity index (χ0) is 18.6. The van der Waals surface area contributed by atoms with Crippen LogP contribution in [0.3, 0.4) is 0 Å². The molecule has 1 heterocycles. The van der Waals surface area contributed by atoms with Crippen LogP contribution in [0.2, 0.25) is 0 Å². The number of aryl methyl sites for hydroxylation is 1. The van der Waals surface area contributed by atoms with E-state index >= 15 is 0 Å². The number of hydrogen-bond donors (Lipinski definition) is 0. The van der Waals surface area contributed by atoms with Crippen molar-refractivity contribution in [1.29, 1.82) is 0 Å². The molecule has 5 rings (SSSR count). The monoisotopic (exact) mass is 362 g/mol. The summed E-state index contributed by atoms with van der Waals surface area (Å²) >= 11 is 0. The molecule has 1 aromatic carbocycles. The highest BCUT2D eigenvalue weighted by molar-refractivity contribution is 5.40. The van der Waals surface area contributed by atoms with E-state index in [-0.39, 0.29) is 0 Å². The molecule has 5 atom stereocenters. The first-order chi connectivity index (χ1) is 13.0. The van der Waals surface area contributed by atoms with Gasteiger partial charge in [0.25, 0.3) is 5.66 Å². The van der Waals surface area contributed by atoms with Crippen LogP contribution in [0.1, 0.15) is 69.4 Å². The van der Waals surface area contributed by atoms with E-state index in [1.807, 2.05) is 0 Å². The summed E-state index contributed by atoms with van der Waals surface area (Å²) in [5.41, 5.74) is 3.12. The third-order valence-corrected chi connectivity index (χ3v) is 8.46. The average Bonchev–Trinajstić information content (AvgIpc) is 3.40. The van der Waals surface area contributed by atoms with Gasteiger partial charge in [0.05, 0.1) is 6.61 Å². The summed E-state index contributed by atoms with van der Waals surface area (Å²) in [6, 6.07) is 6.79. The molecular weight excluding hydrogens is 332 g/mol. The maximum atomic E-state index is 5.97. The van der Waals surface area contributed by atoms with Crippen LogP contribution in [0.25, 0.3) is 0 Å². The first-order valence-corrected chi connectivity index (χ1v) is 10.7. The summed E-state index contributed by atoms with van der Waals surface area (Å²) in [5.74, 6) is 7.08. The van der Waals surface area contributed by atoms with Crippen molar-refractivity contribution in [3.63, 3.8) is 0 Å². The number of terminal acetylenes is 1. The number of benzene rings is 1. The third kappa shape index (κ3) is 2.72. The van der Waals surface area contributed by atoms with Crippen molar-refractivity contribution in [3.05, 3.63) is 29.3 Å². The van der Waals surface area contributed by atoms with Gasteiger partial charge in [0.15, 0.2) is 0 Å². The fourth-order valence-electron chi connectivity index (χ4n) is 6.51. The van der Waals surface area contributed by atoms with Crippen LogP contribution >= 0.6 is 0 Å². The molecule has 2 saturated carbocycles. The number of ether oxygens (including phenoxy) is 1. The first-order valence-electron chi connectivity index (χ1n) is 10.7. The van der Waals surface area contributed by atoms with Gasteiger partial charge < -0.3 is 4.74 Å². The summed E-state index contributed by atoms with van der Waals surface area (Å²) < 4.78 is 5.97. The van der Waals surface area contributed by atoms with Crippen molar-refractivity contribution in [3.8, 4) is 18.1 Å². The van der Waals surface area contributed by atoms with Crippen LogP contribution < -0.4 is 4.74 Å². The molecule has 1 aliphatic heterocycles. The molecule has 3 nitrogen and oxygen atoms in total. The van der Waals surface area contributed by atoms with Gasteiger partial charge >= 0.3 is 0 Å². The van der Waals surface area contributed by atoms with Crippen molar-refractivity contribution in [2.45, 2.75) is 70.4 Å². The van der Waals surface area contributed by atoms with Gasteiger partial charge in [0, 0.05) is 6.42 Å². The molecule has 0 radical (unpaired) electrons. The van der Waals surface area contributed by atoms with Crippen LogP contribution in [0.4, 0.5) is 0 Å². The van der Waals surface area contributed by atoms with Gasteiger partial charge in [0.2, 0.25) is 0 Å². The van der Waals surface area contributed by atoms with Crippen LogP contribution in [0.5, 0.6) is 5.75 Å². The zero-order valence-corrected chi connectivity index (χ0v) is 16.6. The van der Waals surface area contributed by atoms with Gasteiger partial charge in [0.1, 0.15) is 5.75 Å². The standard InChI is InChI=1S/C24H30N2O/c1-4-24(25-26-24)13-14-27-18-7-9-19-17(15-18)6-8-21-20(19)11-12-23(3)16(2)5-10-22(21)23/h1,7,9,15-16,20-22H,5-6,8,10-14H2,2-3H3/t16-,20+,21+,22-,23+/m0/s1. The van der Waals surface area contributed by atoms with Gasteiger partial charge in [-0.1, -0.05) is 19.9 Å². The molecular formula is C24H30N2O. The Kier molecular flexibility index (Phi) is 3.90. The fraction of sp³-hybridized carbons (Fsp3) is 0.667. The van der Waals surface area contributed by atoms with E-state index in [0.717, 1.165) is 29.4 Å². The van der Waals surface area contributed by atoms with Gasteiger partial charge in [-0.05, 0) is 96.8 Å². The molecule has 0 N–H and O–H groups in total. The van der Waals surface area contributed by atoms with Crippen LogP contribution in [-0.2, 0) is 6.42 Å². The molecule has 27 heavy (non-hydrogen) atoms. The highest BCUT2D eigenvalue weighted by atomic mass is 16.5. The van der Waals surface area contributed by atoms with Crippen molar-refractivity contribution in [2.24, 2.45) is 33.4 Å². The molecule has 0 aromatic heterocycles. The number of hydrogen-bond acceptors (Lipinski definition) is 3. The molecule has 3 heteroatoms. The Labute approximate surface area is 163 Å². The summed E-state index contributed by atoms with van der Waals surface area (Å²) in [6.07, 6.45) is 14.3. The van der Waals surface area contributed by atoms with Crippen molar-refractivity contribution in [2.75, 3.05) is 6.61 Å². The smallest absolute Gasteiger partial charge is 0.253 e. The second-order valence-corrected chi connectivity index (χ2v) is 9.56. The van der Waals surface area contributed by atoms with Gasteiger partial charge in [-0.2, -0.15) is 0 Å². The summed E-state index contributed by atoms with van der Waals surface area (Å²) in [5, 5.41) is 7.89. The van der Waals surface area contributed by atoms with E-state index in [1.165, 1.54) is 44.1 Å². The maximum absolute atomic E-state index is 5.97. The van der Waals surface area contributed by atoms with Crippen LogP contribution in [-0.4, -0.2) is 12.3 Å². The van der Waals surface area contributed by atoms with E-state index in [1.54, 1.807) is 5.56 Å². The van der Waals surface area contributed by atoms with E-state index < -0.39 is 5.66 Å². The number of fused-ring (bicyclic) bond motifs is 5. The molecule has 0 amide bonds. The second kappa shape index (κ2) is 6.09. The van der Waals surface area contributed by atoms with E-state index in [9.17, 15) is 0 Å². The van der Waals surface area contributed by atoms with E-state index in [4.69, 9.17) is 11.2 Å². The molecule has 3 aliphatic carbocycles. The highest BCUT2D eigenvalue weighted by Gasteiger charge is 2.53. The second-order valence-electron chi connectivity index (χ2n) is 9.56. The SMILES string of the molecule is C#CC1(CCOc2ccc3c(c2)CC[C@@H]2[C@@H]3CC[C@]3(C)[C@@H](C)CC[C@@H]23)N=N1. The largest absolute Gasteiger partial charge is 0.493 e. The Morgan fingerprint density at radius 2 is 2.07 bits per heavy atom.